The summed E-state index contributed by atoms with van der Waals surface area (Å²) >= 11 is 0. The molecule has 9 heteroatoms. The SMILES string of the molecule is COC(=O)COc1ccc(NC(=O)c2cn(-c3ccccc3)nc2-c2ccc(OC)c(OC)c2)cc1. The molecule has 1 heterocycles. The van der Waals surface area contributed by atoms with Gasteiger partial charge in [0.25, 0.3) is 5.91 Å². The van der Waals surface area contributed by atoms with Gasteiger partial charge >= 0.3 is 5.97 Å². The van der Waals surface area contributed by atoms with Crippen LogP contribution in [-0.4, -0.2) is 49.6 Å². The molecule has 0 saturated heterocycles. The molecule has 3 aromatic carbocycles. The van der Waals surface area contributed by atoms with Crippen LogP contribution in [0.4, 0.5) is 5.69 Å². The number of rotatable bonds is 9. The number of carbonyl (C=O) groups excluding carboxylic acids is 2. The summed E-state index contributed by atoms with van der Waals surface area (Å²) < 4.78 is 22.3. The van der Waals surface area contributed by atoms with E-state index in [9.17, 15) is 9.59 Å². The maximum Gasteiger partial charge on any atom is 0.343 e. The number of methoxy groups -OCH3 is 3. The Bertz CT molecular complexity index is 1350. The average Bonchev–Trinajstić information content (AvgIpc) is 3.38. The van der Waals surface area contributed by atoms with Crippen molar-refractivity contribution in [2.45, 2.75) is 0 Å². The van der Waals surface area contributed by atoms with E-state index in [-0.39, 0.29) is 12.5 Å². The van der Waals surface area contributed by atoms with E-state index in [2.05, 4.69) is 10.1 Å². The first-order valence-corrected chi connectivity index (χ1v) is 11.0. The summed E-state index contributed by atoms with van der Waals surface area (Å²) in [6.45, 7) is -0.199. The summed E-state index contributed by atoms with van der Waals surface area (Å²) in [4.78, 5) is 24.6. The smallest absolute Gasteiger partial charge is 0.343 e. The zero-order valence-corrected chi connectivity index (χ0v) is 20.1. The number of hydrogen-bond donors (Lipinski definition) is 1. The fraction of sp³-hybridized carbons (Fsp3) is 0.148. The molecule has 1 amide bonds. The molecule has 36 heavy (non-hydrogen) atoms. The molecule has 0 unspecified atom stereocenters. The van der Waals surface area contributed by atoms with Crippen molar-refractivity contribution in [1.29, 1.82) is 0 Å². The lowest BCUT2D eigenvalue weighted by Crippen LogP contribution is -2.13. The van der Waals surface area contributed by atoms with Crippen LogP contribution in [0.2, 0.25) is 0 Å². The maximum absolute atomic E-state index is 13.4. The lowest BCUT2D eigenvalue weighted by molar-refractivity contribution is -0.142. The standard InChI is InChI=1S/C27H25N3O6/c1-33-23-14-9-18(15-24(23)34-2)26-22(16-30(29-26)20-7-5-4-6-8-20)27(32)28-19-10-12-21(13-11-19)36-17-25(31)35-3/h4-16H,17H2,1-3H3,(H,28,32). The third kappa shape index (κ3) is 5.47. The minimum atomic E-state index is -0.481. The number of carbonyl (C=O) groups is 2. The zero-order valence-electron chi connectivity index (χ0n) is 20.1. The molecule has 0 aliphatic rings. The number of anilines is 1. The van der Waals surface area contributed by atoms with Crippen LogP contribution in [0.15, 0.2) is 79.0 Å². The van der Waals surface area contributed by atoms with Gasteiger partial charge in [0.1, 0.15) is 11.4 Å². The topological polar surface area (TPSA) is 101 Å². The van der Waals surface area contributed by atoms with Gasteiger partial charge < -0.3 is 24.3 Å². The summed E-state index contributed by atoms with van der Waals surface area (Å²) in [5.41, 5.74) is 2.91. The Hall–Kier alpha value is -4.79. The predicted molar refractivity (Wildman–Crippen MR) is 134 cm³/mol. The van der Waals surface area contributed by atoms with Crippen molar-refractivity contribution < 1.29 is 28.5 Å². The summed E-state index contributed by atoms with van der Waals surface area (Å²) in [5.74, 6) is 0.749. The van der Waals surface area contributed by atoms with Gasteiger partial charge in [-0.15, -0.1) is 0 Å². The van der Waals surface area contributed by atoms with Crippen LogP contribution in [0, 0.1) is 0 Å². The number of nitrogens with one attached hydrogen (secondary N) is 1. The van der Waals surface area contributed by atoms with Crippen LogP contribution in [0.25, 0.3) is 16.9 Å². The molecule has 9 nitrogen and oxygen atoms in total. The molecule has 0 spiro atoms. The fourth-order valence-corrected chi connectivity index (χ4v) is 3.48. The zero-order chi connectivity index (χ0) is 25.5. The highest BCUT2D eigenvalue weighted by molar-refractivity contribution is 6.08. The van der Waals surface area contributed by atoms with E-state index in [1.807, 2.05) is 36.4 Å². The van der Waals surface area contributed by atoms with Gasteiger partial charge in [-0.25, -0.2) is 9.48 Å². The van der Waals surface area contributed by atoms with Crippen molar-refractivity contribution >= 4 is 17.6 Å². The first-order chi connectivity index (χ1) is 17.5. The molecule has 0 aliphatic carbocycles. The second-order valence-electron chi connectivity index (χ2n) is 7.58. The highest BCUT2D eigenvalue weighted by Gasteiger charge is 2.20. The van der Waals surface area contributed by atoms with Crippen molar-refractivity contribution in [1.82, 2.24) is 9.78 Å². The monoisotopic (exact) mass is 487 g/mol. The Morgan fingerprint density at radius 3 is 2.28 bits per heavy atom. The van der Waals surface area contributed by atoms with Crippen LogP contribution < -0.4 is 19.5 Å². The Morgan fingerprint density at radius 1 is 0.889 bits per heavy atom. The third-order valence-electron chi connectivity index (χ3n) is 5.33. The molecule has 0 radical (unpaired) electrons. The summed E-state index contributed by atoms with van der Waals surface area (Å²) in [6, 6.07) is 21.6. The lowest BCUT2D eigenvalue weighted by atomic mass is 10.1. The summed E-state index contributed by atoms with van der Waals surface area (Å²) in [5, 5.41) is 7.60. The Kier molecular flexibility index (Phi) is 7.50. The highest BCUT2D eigenvalue weighted by Crippen LogP contribution is 2.33. The van der Waals surface area contributed by atoms with Gasteiger partial charge in [-0.05, 0) is 54.6 Å². The second-order valence-corrected chi connectivity index (χ2v) is 7.58. The highest BCUT2D eigenvalue weighted by atomic mass is 16.6. The number of benzene rings is 3. The fourth-order valence-electron chi connectivity index (χ4n) is 3.48. The van der Waals surface area contributed by atoms with Gasteiger partial charge in [-0.2, -0.15) is 5.10 Å². The quantitative estimate of drug-likeness (QED) is 0.350. The van der Waals surface area contributed by atoms with Crippen molar-refractivity contribution in [2.75, 3.05) is 33.3 Å². The Morgan fingerprint density at radius 2 is 1.61 bits per heavy atom. The van der Waals surface area contributed by atoms with Crippen molar-refractivity contribution in [3.05, 3.63) is 84.6 Å². The van der Waals surface area contributed by atoms with Crippen molar-refractivity contribution in [3.63, 3.8) is 0 Å². The minimum Gasteiger partial charge on any atom is -0.493 e. The van der Waals surface area contributed by atoms with E-state index in [1.165, 1.54) is 7.11 Å². The minimum absolute atomic E-state index is 0.199. The molecule has 1 N–H and O–H groups in total. The van der Waals surface area contributed by atoms with E-state index in [1.54, 1.807) is 61.5 Å². The third-order valence-corrected chi connectivity index (χ3v) is 5.33. The first kappa shape index (κ1) is 24.3. The number of hydrogen-bond acceptors (Lipinski definition) is 7. The molecule has 4 rings (SSSR count). The molecule has 0 saturated carbocycles. The Balaban J connectivity index is 1.64. The van der Waals surface area contributed by atoms with Crippen LogP contribution in [0.5, 0.6) is 17.2 Å². The van der Waals surface area contributed by atoms with E-state index in [4.69, 9.17) is 19.3 Å². The average molecular weight is 488 g/mol. The predicted octanol–water partition coefficient (Wildman–Crippen LogP) is 4.36. The number of aromatic nitrogens is 2. The van der Waals surface area contributed by atoms with Crippen LogP contribution in [0.1, 0.15) is 10.4 Å². The van der Waals surface area contributed by atoms with Gasteiger partial charge in [0.15, 0.2) is 18.1 Å². The molecule has 0 aliphatic heterocycles. The maximum atomic E-state index is 13.4. The van der Waals surface area contributed by atoms with Crippen LogP contribution >= 0.6 is 0 Å². The molecule has 0 bridgehead atoms. The van der Waals surface area contributed by atoms with Gasteiger partial charge in [-0.3, -0.25) is 4.79 Å². The molecule has 1 aromatic heterocycles. The number of esters is 1. The molecule has 184 valence electrons. The largest absolute Gasteiger partial charge is 0.493 e. The first-order valence-electron chi connectivity index (χ1n) is 11.0. The number of para-hydroxylation sites is 1. The van der Waals surface area contributed by atoms with Crippen molar-refractivity contribution in [3.8, 4) is 34.2 Å². The molecule has 0 atom stereocenters. The number of ether oxygens (including phenoxy) is 4. The van der Waals surface area contributed by atoms with Crippen LogP contribution in [-0.2, 0) is 9.53 Å². The van der Waals surface area contributed by atoms with Gasteiger partial charge in [0.2, 0.25) is 0 Å². The van der Waals surface area contributed by atoms with E-state index < -0.39 is 5.97 Å². The Labute approximate surface area is 208 Å². The van der Waals surface area contributed by atoms with E-state index in [0.717, 1.165) is 5.69 Å². The van der Waals surface area contributed by atoms with Crippen LogP contribution in [0.3, 0.4) is 0 Å². The van der Waals surface area contributed by atoms with Gasteiger partial charge in [0.05, 0.1) is 32.6 Å². The van der Waals surface area contributed by atoms with Gasteiger partial charge in [-0.1, -0.05) is 18.2 Å². The van der Waals surface area contributed by atoms with E-state index in [0.29, 0.717) is 39.8 Å². The molecule has 4 aromatic rings. The second kappa shape index (κ2) is 11.1. The molecule has 0 fully saturated rings. The normalized spacial score (nSPS) is 10.4. The number of amides is 1. The lowest BCUT2D eigenvalue weighted by Gasteiger charge is -2.10. The molecular formula is C27H25N3O6. The van der Waals surface area contributed by atoms with Crippen molar-refractivity contribution in [2.24, 2.45) is 0 Å². The number of nitrogens with zero attached hydrogens (tertiary/aromatic N) is 2. The summed E-state index contributed by atoms with van der Waals surface area (Å²) in [6.07, 6.45) is 1.69. The summed E-state index contributed by atoms with van der Waals surface area (Å²) in [7, 11) is 4.41. The van der Waals surface area contributed by atoms with E-state index >= 15 is 0 Å². The van der Waals surface area contributed by atoms with Gasteiger partial charge in [0, 0.05) is 17.4 Å². The molecular weight excluding hydrogens is 462 g/mol.